The minimum Gasteiger partial charge on any atom is -0.479 e. The normalized spacial score (nSPS) is 12.4. The number of hydrogen-bond donors (Lipinski definition) is 0. The summed E-state index contributed by atoms with van der Waals surface area (Å²) < 4.78 is 52.6. The monoisotopic (exact) mass is 341 g/mol. The number of alkyl halides is 3. The predicted octanol–water partition coefficient (Wildman–Crippen LogP) is 3.83. The molecule has 0 aliphatic carbocycles. The molecule has 0 saturated heterocycles. The Morgan fingerprint density at radius 1 is 1.08 bits per heavy atom. The summed E-state index contributed by atoms with van der Waals surface area (Å²) in [4.78, 5) is 14.9. The number of hydrogen-bond acceptors (Lipinski definition) is 5. The summed E-state index contributed by atoms with van der Waals surface area (Å²) in [5.74, 6) is 0.296. The predicted molar refractivity (Wildman–Crippen MR) is 77.9 cm³/mol. The molecule has 0 radical (unpaired) electrons. The van der Waals surface area contributed by atoms with Gasteiger partial charge < -0.3 is 14.2 Å². The van der Waals surface area contributed by atoms with Crippen LogP contribution >= 0.6 is 0 Å². The van der Waals surface area contributed by atoms with Crippen molar-refractivity contribution in [3.8, 4) is 17.4 Å². The minimum absolute atomic E-state index is 0.0274. The van der Waals surface area contributed by atoms with Gasteiger partial charge in [-0.05, 0) is 37.3 Å². The van der Waals surface area contributed by atoms with Crippen LogP contribution in [0.15, 0.2) is 42.6 Å². The number of benzene rings is 1. The van der Waals surface area contributed by atoms with Crippen molar-refractivity contribution in [1.82, 2.24) is 4.98 Å². The molecule has 0 fully saturated rings. The van der Waals surface area contributed by atoms with Crippen LogP contribution in [0.25, 0.3) is 0 Å². The van der Waals surface area contributed by atoms with Crippen molar-refractivity contribution in [2.24, 2.45) is 0 Å². The number of pyridine rings is 1. The van der Waals surface area contributed by atoms with Crippen LogP contribution in [0.3, 0.4) is 0 Å². The van der Waals surface area contributed by atoms with Crippen LogP contribution in [0, 0.1) is 0 Å². The first-order chi connectivity index (χ1) is 11.3. The first-order valence-corrected chi connectivity index (χ1v) is 6.85. The van der Waals surface area contributed by atoms with E-state index in [0.717, 1.165) is 12.1 Å². The molecule has 2 aromatic rings. The first kappa shape index (κ1) is 17.6. The fourth-order valence-corrected chi connectivity index (χ4v) is 1.73. The molecular weight excluding hydrogens is 327 g/mol. The van der Waals surface area contributed by atoms with Gasteiger partial charge in [0, 0.05) is 12.3 Å². The van der Waals surface area contributed by atoms with E-state index in [1.165, 1.54) is 7.11 Å². The molecule has 0 aliphatic heterocycles. The van der Waals surface area contributed by atoms with Crippen molar-refractivity contribution in [3.05, 3.63) is 48.2 Å². The molecular formula is C16H14F3NO4. The van der Waals surface area contributed by atoms with E-state index < -0.39 is 23.8 Å². The highest BCUT2D eigenvalue weighted by atomic mass is 19.4. The number of halogens is 3. The van der Waals surface area contributed by atoms with E-state index in [0.29, 0.717) is 17.7 Å². The molecule has 128 valence electrons. The Balaban J connectivity index is 2.00. The van der Waals surface area contributed by atoms with Crippen molar-refractivity contribution in [2.45, 2.75) is 19.2 Å². The molecule has 2 rings (SSSR count). The zero-order chi connectivity index (χ0) is 17.7. The molecule has 0 N–H and O–H groups in total. The van der Waals surface area contributed by atoms with Gasteiger partial charge in [0.25, 0.3) is 0 Å². The van der Waals surface area contributed by atoms with E-state index in [1.54, 1.807) is 31.2 Å². The Kier molecular flexibility index (Phi) is 5.28. The third-order valence-electron chi connectivity index (χ3n) is 2.96. The molecule has 0 bridgehead atoms. The van der Waals surface area contributed by atoms with Crippen molar-refractivity contribution < 1.29 is 32.2 Å². The van der Waals surface area contributed by atoms with Gasteiger partial charge in [-0.3, -0.25) is 0 Å². The maximum absolute atomic E-state index is 12.4. The van der Waals surface area contributed by atoms with Gasteiger partial charge in [-0.2, -0.15) is 13.2 Å². The second-order valence-electron chi connectivity index (χ2n) is 4.74. The van der Waals surface area contributed by atoms with Crippen LogP contribution in [-0.4, -0.2) is 24.2 Å². The van der Waals surface area contributed by atoms with E-state index >= 15 is 0 Å². The summed E-state index contributed by atoms with van der Waals surface area (Å²) in [5.41, 5.74) is -0.851. The van der Waals surface area contributed by atoms with Crippen molar-refractivity contribution in [1.29, 1.82) is 0 Å². The maximum Gasteiger partial charge on any atom is 0.417 e. The number of nitrogens with zero attached hydrogens (tertiary/aromatic N) is 1. The van der Waals surface area contributed by atoms with E-state index in [1.807, 2.05) is 0 Å². The number of carbonyl (C=O) groups is 1. The number of aromatic nitrogens is 1. The average molecular weight is 341 g/mol. The molecule has 0 aliphatic rings. The smallest absolute Gasteiger partial charge is 0.417 e. The highest BCUT2D eigenvalue weighted by Gasteiger charge is 2.30. The number of ether oxygens (including phenoxy) is 3. The molecule has 1 aromatic heterocycles. The third kappa shape index (κ3) is 4.61. The van der Waals surface area contributed by atoms with Gasteiger partial charge in [0.1, 0.15) is 11.5 Å². The van der Waals surface area contributed by atoms with Gasteiger partial charge in [-0.1, -0.05) is 0 Å². The lowest BCUT2D eigenvalue weighted by atomic mass is 10.3. The van der Waals surface area contributed by atoms with Crippen LogP contribution in [0.4, 0.5) is 13.2 Å². The number of methoxy groups -OCH3 is 1. The SMILES string of the molecule is COC(=O)C(C)Oc1ccc(Oc2ccc(C(F)(F)F)cn2)cc1. The van der Waals surface area contributed by atoms with E-state index in [4.69, 9.17) is 9.47 Å². The van der Waals surface area contributed by atoms with Gasteiger partial charge >= 0.3 is 12.1 Å². The second kappa shape index (κ2) is 7.20. The van der Waals surface area contributed by atoms with Crippen molar-refractivity contribution >= 4 is 5.97 Å². The summed E-state index contributed by atoms with van der Waals surface area (Å²) in [6.07, 6.45) is -4.51. The van der Waals surface area contributed by atoms with Gasteiger partial charge in [0.15, 0.2) is 6.10 Å². The Labute approximate surface area is 136 Å². The van der Waals surface area contributed by atoms with Crippen molar-refractivity contribution in [2.75, 3.05) is 7.11 Å². The average Bonchev–Trinajstić information content (AvgIpc) is 2.55. The van der Waals surface area contributed by atoms with Crippen LogP contribution in [0.5, 0.6) is 17.4 Å². The molecule has 0 spiro atoms. The zero-order valence-electron chi connectivity index (χ0n) is 12.8. The largest absolute Gasteiger partial charge is 0.479 e. The third-order valence-corrected chi connectivity index (χ3v) is 2.96. The van der Waals surface area contributed by atoms with Crippen LogP contribution in [0.2, 0.25) is 0 Å². The quantitative estimate of drug-likeness (QED) is 0.774. The Morgan fingerprint density at radius 2 is 1.71 bits per heavy atom. The highest BCUT2D eigenvalue weighted by Crippen LogP contribution is 2.30. The lowest BCUT2D eigenvalue weighted by molar-refractivity contribution is -0.148. The Bertz CT molecular complexity index is 684. The number of rotatable bonds is 5. The molecule has 0 saturated carbocycles. The number of esters is 1. The fourth-order valence-electron chi connectivity index (χ4n) is 1.73. The van der Waals surface area contributed by atoms with Crippen LogP contribution < -0.4 is 9.47 Å². The fraction of sp³-hybridized carbons (Fsp3) is 0.250. The van der Waals surface area contributed by atoms with Gasteiger partial charge in [0.05, 0.1) is 12.7 Å². The lowest BCUT2D eigenvalue weighted by Crippen LogP contribution is -2.24. The highest BCUT2D eigenvalue weighted by molar-refractivity contribution is 5.74. The molecule has 1 heterocycles. The zero-order valence-corrected chi connectivity index (χ0v) is 12.8. The summed E-state index contributed by atoms with van der Waals surface area (Å²) in [6, 6.07) is 8.21. The summed E-state index contributed by atoms with van der Waals surface area (Å²) in [6.45, 7) is 1.54. The molecule has 1 unspecified atom stereocenters. The van der Waals surface area contributed by atoms with E-state index in [2.05, 4.69) is 9.72 Å². The Hall–Kier alpha value is -2.77. The van der Waals surface area contributed by atoms with Gasteiger partial charge in [-0.15, -0.1) is 0 Å². The molecule has 0 amide bonds. The Morgan fingerprint density at radius 3 is 2.21 bits per heavy atom. The molecule has 5 nitrogen and oxygen atoms in total. The van der Waals surface area contributed by atoms with Gasteiger partial charge in [-0.25, -0.2) is 9.78 Å². The maximum atomic E-state index is 12.4. The number of carbonyl (C=O) groups excluding carboxylic acids is 1. The van der Waals surface area contributed by atoms with Crippen LogP contribution in [-0.2, 0) is 15.7 Å². The first-order valence-electron chi connectivity index (χ1n) is 6.85. The van der Waals surface area contributed by atoms with Gasteiger partial charge in [0.2, 0.25) is 5.88 Å². The summed E-state index contributed by atoms with van der Waals surface area (Å²) in [5, 5.41) is 0. The second-order valence-corrected chi connectivity index (χ2v) is 4.74. The standard InChI is InChI=1S/C16H14F3NO4/c1-10(15(21)22-2)23-12-4-6-13(7-5-12)24-14-8-3-11(9-20-14)16(17,18)19/h3-10H,1-2H3. The van der Waals surface area contributed by atoms with Crippen molar-refractivity contribution in [3.63, 3.8) is 0 Å². The topological polar surface area (TPSA) is 57.7 Å². The van der Waals surface area contributed by atoms with Crippen LogP contribution in [0.1, 0.15) is 12.5 Å². The minimum atomic E-state index is -4.44. The summed E-state index contributed by atoms with van der Waals surface area (Å²) >= 11 is 0. The summed E-state index contributed by atoms with van der Waals surface area (Å²) in [7, 11) is 1.26. The van der Waals surface area contributed by atoms with E-state index in [9.17, 15) is 18.0 Å². The molecule has 8 heteroatoms. The lowest BCUT2D eigenvalue weighted by Gasteiger charge is -2.13. The molecule has 1 atom stereocenters. The molecule has 24 heavy (non-hydrogen) atoms. The van der Waals surface area contributed by atoms with E-state index in [-0.39, 0.29) is 5.88 Å². The molecule has 1 aromatic carbocycles.